The highest BCUT2D eigenvalue weighted by Crippen LogP contribution is 2.34. The number of halogens is 1. The molecule has 0 aliphatic heterocycles. The number of anilines is 1. The third-order valence-corrected chi connectivity index (χ3v) is 7.02. The molecule has 0 bridgehead atoms. The standard InChI is InChI=1S/C25H27ClN6OS/c1-3-4-5-6-11-20(24(33)29-21-13-12-16(2)14-27-21)34-25-18-15-28-32-23(18)30-22(31-25)17-9-7-8-10-19(17)26/h7-10,12-15,20H,3-6,11H2,1-2H3,(H,27,29,33)(H,28,30,31,32). The average Bonchev–Trinajstić information content (AvgIpc) is 3.32. The molecule has 3 aromatic heterocycles. The number of aromatic amines is 1. The summed E-state index contributed by atoms with van der Waals surface area (Å²) in [5, 5.41) is 11.7. The minimum atomic E-state index is -0.341. The van der Waals surface area contributed by atoms with Gasteiger partial charge in [0.25, 0.3) is 0 Å². The average molecular weight is 495 g/mol. The van der Waals surface area contributed by atoms with Gasteiger partial charge in [0.1, 0.15) is 10.8 Å². The van der Waals surface area contributed by atoms with E-state index in [2.05, 4.69) is 32.4 Å². The van der Waals surface area contributed by atoms with Gasteiger partial charge in [-0.25, -0.2) is 15.0 Å². The van der Waals surface area contributed by atoms with Crippen LogP contribution < -0.4 is 5.32 Å². The Labute approximate surface area is 208 Å². The Balaban J connectivity index is 1.63. The number of benzene rings is 1. The Bertz CT molecular complexity index is 1260. The van der Waals surface area contributed by atoms with Crippen molar-refractivity contribution in [3.8, 4) is 11.4 Å². The van der Waals surface area contributed by atoms with E-state index in [1.165, 1.54) is 11.8 Å². The molecule has 0 spiro atoms. The maximum absolute atomic E-state index is 13.3. The smallest absolute Gasteiger partial charge is 0.239 e. The zero-order valence-corrected chi connectivity index (χ0v) is 20.8. The predicted molar refractivity (Wildman–Crippen MR) is 138 cm³/mol. The number of H-pyrrole nitrogens is 1. The number of aromatic nitrogens is 5. The molecule has 1 amide bonds. The first-order chi connectivity index (χ1) is 16.5. The molecule has 0 fully saturated rings. The van der Waals surface area contributed by atoms with Crippen LogP contribution >= 0.6 is 23.4 Å². The number of nitrogens with zero attached hydrogens (tertiary/aromatic N) is 4. The van der Waals surface area contributed by atoms with E-state index in [0.717, 1.165) is 48.6 Å². The largest absolute Gasteiger partial charge is 0.310 e. The molecule has 176 valence electrons. The lowest BCUT2D eigenvalue weighted by molar-refractivity contribution is -0.115. The van der Waals surface area contributed by atoms with E-state index < -0.39 is 0 Å². The van der Waals surface area contributed by atoms with E-state index in [1.54, 1.807) is 12.4 Å². The van der Waals surface area contributed by atoms with Crippen LogP contribution in [0, 0.1) is 6.92 Å². The zero-order valence-electron chi connectivity index (χ0n) is 19.2. The van der Waals surface area contributed by atoms with Gasteiger partial charge >= 0.3 is 0 Å². The minimum Gasteiger partial charge on any atom is -0.310 e. The number of thioether (sulfide) groups is 1. The number of nitrogens with one attached hydrogen (secondary N) is 2. The minimum absolute atomic E-state index is 0.0904. The van der Waals surface area contributed by atoms with Crippen LogP contribution in [-0.4, -0.2) is 36.3 Å². The second kappa shape index (κ2) is 11.4. The van der Waals surface area contributed by atoms with Gasteiger partial charge in [0.15, 0.2) is 11.5 Å². The fraction of sp³-hybridized carbons (Fsp3) is 0.320. The molecule has 3 heterocycles. The van der Waals surface area contributed by atoms with Gasteiger partial charge in [-0.15, -0.1) is 0 Å². The van der Waals surface area contributed by atoms with Gasteiger partial charge in [-0.05, 0) is 37.1 Å². The summed E-state index contributed by atoms with van der Waals surface area (Å²) < 4.78 is 0. The summed E-state index contributed by atoms with van der Waals surface area (Å²) in [4.78, 5) is 27.0. The van der Waals surface area contributed by atoms with Crippen molar-refractivity contribution in [2.24, 2.45) is 0 Å². The molecule has 9 heteroatoms. The molecular formula is C25H27ClN6OS. The molecule has 7 nitrogen and oxygen atoms in total. The van der Waals surface area contributed by atoms with Crippen molar-refractivity contribution in [3.05, 3.63) is 59.4 Å². The molecule has 4 rings (SSSR count). The molecule has 0 saturated carbocycles. The Morgan fingerprint density at radius 3 is 2.74 bits per heavy atom. The first-order valence-corrected chi connectivity index (χ1v) is 12.7. The summed E-state index contributed by atoms with van der Waals surface area (Å²) in [6, 6.07) is 11.2. The highest BCUT2D eigenvalue weighted by atomic mass is 35.5. The topological polar surface area (TPSA) is 96.5 Å². The van der Waals surface area contributed by atoms with E-state index in [-0.39, 0.29) is 11.2 Å². The summed E-state index contributed by atoms with van der Waals surface area (Å²) in [5.41, 5.74) is 2.38. The van der Waals surface area contributed by atoms with Gasteiger partial charge in [0, 0.05) is 11.8 Å². The van der Waals surface area contributed by atoms with Crippen molar-refractivity contribution in [3.63, 3.8) is 0 Å². The summed E-state index contributed by atoms with van der Waals surface area (Å²) >= 11 is 7.84. The molecular weight excluding hydrogens is 468 g/mol. The Kier molecular flexibility index (Phi) is 8.13. The molecule has 2 N–H and O–H groups in total. The third kappa shape index (κ3) is 5.93. The van der Waals surface area contributed by atoms with Gasteiger partial charge in [-0.3, -0.25) is 9.89 Å². The second-order valence-corrected chi connectivity index (χ2v) is 9.73. The molecule has 1 aromatic carbocycles. The van der Waals surface area contributed by atoms with E-state index in [1.807, 2.05) is 43.3 Å². The number of carbonyl (C=O) groups is 1. The normalized spacial score (nSPS) is 12.1. The lowest BCUT2D eigenvalue weighted by atomic mass is 10.1. The second-order valence-electron chi connectivity index (χ2n) is 8.13. The number of rotatable bonds is 10. The van der Waals surface area contributed by atoms with Crippen LogP contribution in [0.5, 0.6) is 0 Å². The molecule has 0 aliphatic rings. The van der Waals surface area contributed by atoms with Crippen LogP contribution in [0.2, 0.25) is 5.02 Å². The number of carbonyl (C=O) groups excluding carboxylic acids is 1. The third-order valence-electron chi connectivity index (χ3n) is 5.42. The molecule has 0 radical (unpaired) electrons. The van der Waals surface area contributed by atoms with E-state index in [4.69, 9.17) is 16.6 Å². The fourth-order valence-electron chi connectivity index (χ4n) is 3.54. The number of hydrogen-bond donors (Lipinski definition) is 2. The van der Waals surface area contributed by atoms with Crippen molar-refractivity contribution in [1.29, 1.82) is 0 Å². The van der Waals surface area contributed by atoms with Crippen LogP contribution in [0.4, 0.5) is 5.82 Å². The number of unbranched alkanes of at least 4 members (excludes halogenated alkanes) is 3. The van der Waals surface area contributed by atoms with Crippen LogP contribution in [0.1, 0.15) is 44.6 Å². The highest BCUT2D eigenvalue weighted by molar-refractivity contribution is 8.00. The van der Waals surface area contributed by atoms with Crippen LogP contribution in [0.3, 0.4) is 0 Å². The molecule has 1 atom stereocenters. The number of amides is 1. The van der Waals surface area contributed by atoms with Crippen molar-refractivity contribution < 1.29 is 4.79 Å². The maximum Gasteiger partial charge on any atom is 0.239 e. The van der Waals surface area contributed by atoms with Gasteiger partial charge in [0.2, 0.25) is 5.91 Å². The van der Waals surface area contributed by atoms with Gasteiger partial charge in [-0.1, -0.05) is 74.2 Å². The number of hydrogen-bond acceptors (Lipinski definition) is 6. The van der Waals surface area contributed by atoms with Crippen molar-refractivity contribution >= 4 is 46.1 Å². The predicted octanol–water partition coefficient (Wildman–Crippen LogP) is 6.45. The van der Waals surface area contributed by atoms with Crippen LogP contribution in [0.15, 0.2) is 53.8 Å². The monoisotopic (exact) mass is 494 g/mol. The number of fused-ring (bicyclic) bond motifs is 1. The molecule has 0 saturated heterocycles. The van der Waals surface area contributed by atoms with Crippen molar-refractivity contribution in [2.45, 2.75) is 56.2 Å². The number of pyridine rings is 1. The Morgan fingerprint density at radius 1 is 1.12 bits per heavy atom. The molecule has 4 aromatic rings. The maximum atomic E-state index is 13.3. The Morgan fingerprint density at radius 2 is 1.97 bits per heavy atom. The van der Waals surface area contributed by atoms with Gasteiger partial charge in [0.05, 0.1) is 21.9 Å². The van der Waals surface area contributed by atoms with E-state index in [9.17, 15) is 4.79 Å². The van der Waals surface area contributed by atoms with E-state index in [0.29, 0.717) is 27.3 Å². The summed E-state index contributed by atoms with van der Waals surface area (Å²) in [7, 11) is 0. The quantitative estimate of drug-likeness (QED) is 0.149. The highest BCUT2D eigenvalue weighted by Gasteiger charge is 2.24. The fourth-order valence-corrected chi connectivity index (χ4v) is 4.90. The van der Waals surface area contributed by atoms with Gasteiger partial charge < -0.3 is 5.32 Å². The first-order valence-electron chi connectivity index (χ1n) is 11.4. The summed E-state index contributed by atoms with van der Waals surface area (Å²) in [6.45, 7) is 4.14. The molecule has 34 heavy (non-hydrogen) atoms. The van der Waals surface area contributed by atoms with Crippen molar-refractivity contribution in [1.82, 2.24) is 25.1 Å². The SMILES string of the molecule is CCCCCCC(Sc1nc(-c2ccccc2Cl)nc2[nH]ncc12)C(=O)Nc1ccc(C)cn1. The lowest BCUT2D eigenvalue weighted by Gasteiger charge is -2.17. The van der Waals surface area contributed by atoms with Crippen LogP contribution in [-0.2, 0) is 4.79 Å². The van der Waals surface area contributed by atoms with Gasteiger partial charge in [-0.2, -0.15) is 5.10 Å². The Hall–Kier alpha value is -2.97. The summed E-state index contributed by atoms with van der Waals surface area (Å²) in [5.74, 6) is 0.949. The summed E-state index contributed by atoms with van der Waals surface area (Å²) in [6.07, 6.45) is 8.49. The van der Waals surface area contributed by atoms with Crippen LogP contribution in [0.25, 0.3) is 22.4 Å². The number of aryl methyl sites for hydroxylation is 1. The molecule has 1 unspecified atom stereocenters. The molecule has 0 aliphatic carbocycles. The van der Waals surface area contributed by atoms with E-state index >= 15 is 0 Å². The zero-order chi connectivity index (χ0) is 23.9. The first kappa shape index (κ1) is 24.2. The lowest BCUT2D eigenvalue weighted by Crippen LogP contribution is -2.26. The van der Waals surface area contributed by atoms with Crippen molar-refractivity contribution in [2.75, 3.05) is 5.32 Å².